The van der Waals surface area contributed by atoms with Gasteiger partial charge in [0.2, 0.25) is 5.91 Å². The minimum atomic E-state index is -0.185. The lowest BCUT2D eigenvalue weighted by molar-refractivity contribution is -0.133. The molecule has 0 aliphatic carbocycles. The molecule has 154 valence electrons. The summed E-state index contributed by atoms with van der Waals surface area (Å²) in [5, 5.41) is 4.44. The molecule has 6 nitrogen and oxygen atoms in total. The van der Waals surface area contributed by atoms with Crippen LogP contribution in [0.2, 0.25) is 0 Å². The van der Waals surface area contributed by atoms with Crippen molar-refractivity contribution in [3.63, 3.8) is 0 Å². The molecule has 1 aliphatic rings. The summed E-state index contributed by atoms with van der Waals surface area (Å²) in [5.41, 5.74) is 2.79. The van der Waals surface area contributed by atoms with Crippen LogP contribution in [0, 0.1) is 0 Å². The van der Waals surface area contributed by atoms with E-state index < -0.39 is 0 Å². The standard InChI is InChI=1S/C24H26N4O2/c29-23(27-17-15-26(16-18-27)19-20-7-3-1-4-8-20)13-14-28-24(30)12-11-22(25-28)21-9-5-2-6-10-21/h1-12H,13-19H2. The van der Waals surface area contributed by atoms with Gasteiger partial charge in [0.25, 0.3) is 5.56 Å². The van der Waals surface area contributed by atoms with E-state index in [0.717, 1.165) is 44.0 Å². The molecule has 0 radical (unpaired) electrons. The van der Waals surface area contributed by atoms with Crippen LogP contribution < -0.4 is 5.56 Å². The fourth-order valence-electron chi connectivity index (χ4n) is 3.73. The van der Waals surface area contributed by atoms with Crippen molar-refractivity contribution in [2.24, 2.45) is 0 Å². The number of nitrogens with zero attached hydrogens (tertiary/aromatic N) is 4. The minimum Gasteiger partial charge on any atom is -0.340 e. The highest BCUT2D eigenvalue weighted by atomic mass is 16.2. The number of hydrogen-bond acceptors (Lipinski definition) is 4. The van der Waals surface area contributed by atoms with Gasteiger partial charge in [-0.1, -0.05) is 60.7 Å². The molecular formula is C24H26N4O2. The Kier molecular flexibility index (Phi) is 6.35. The second-order valence-electron chi connectivity index (χ2n) is 7.54. The Labute approximate surface area is 176 Å². The fraction of sp³-hybridized carbons (Fsp3) is 0.292. The zero-order chi connectivity index (χ0) is 20.8. The summed E-state index contributed by atoms with van der Waals surface area (Å²) >= 11 is 0. The van der Waals surface area contributed by atoms with Crippen molar-refractivity contribution in [3.05, 3.63) is 88.7 Å². The van der Waals surface area contributed by atoms with E-state index in [-0.39, 0.29) is 17.9 Å². The molecule has 2 aromatic carbocycles. The summed E-state index contributed by atoms with van der Waals surface area (Å²) in [6, 6.07) is 23.4. The van der Waals surface area contributed by atoms with Crippen molar-refractivity contribution in [1.29, 1.82) is 0 Å². The molecule has 0 bridgehead atoms. The van der Waals surface area contributed by atoms with Gasteiger partial charge in [0.05, 0.1) is 12.2 Å². The Bertz CT molecular complexity index is 1030. The largest absolute Gasteiger partial charge is 0.340 e. The first kappa shape index (κ1) is 20.0. The van der Waals surface area contributed by atoms with E-state index in [0.29, 0.717) is 6.54 Å². The molecule has 1 aromatic heterocycles. The van der Waals surface area contributed by atoms with Crippen molar-refractivity contribution >= 4 is 5.91 Å². The highest BCUT2D eigenvalue weighted by Crippen LogP contribution is 2.14. The lowest BCUT2D eigenvalue weighted by Crippen LogP contribution is -2.48. The Balaban J connectivity index is 1.31. The van der Waals surface area contributed by atoms with E-state index in [1.165, 1.54) is 16.3 Å². The molecule has 1 amide bonds. The fourth-order valence-corrected chi connectivity index (χ4v) is 3.73. The van der Waals surface area contributed by atoms with Gasteiger partial charge in [-0.05, 0) is 11.6 Å². The second kappa shape index (κ2) is 9.50. The normalized spacial score (nSPS) is 14.6. The Morgan fingerprint density at radius 2 is 1.50 bits per heavy atom. The second-order valence-corrected chi connectivity index (χ2v) is 7.54. The quantitative estimate of drug-likeness (QED) is 0.636. The van der Waals surface area contributed by atoms with Gasteiger partial charge in [-0.2, -0.15) is 5.10 Å². The first-order chi connectivity index (χ1) is 14.7. The predicted molar refractivity (Wildman–Crippen MR) is 117 cm³/mol. The molecule has 4 rings (SSSR count). The third-order valence-corrected chi connectivity index (χ3v) is 5.45. The average Bonchev–Trinajstić information content (AvgIpc) is 2.80. The average molecular weight is 402 g/mol. The van der Waals surface area contributed by atoms with E-state index in [9.17, 15) is 9.59 Å². The number of amides is 1. The van der Waals surface area contributed by atoms with Gasteiger partial charge >= 0.3 is 0 Å². The first-order valence-corrected chi connectivity index (χ1v) is 10.4. The maximum absolute atomic E-state index is 12.7. The van der Waals surface area contributed by atoms with Gasteiger partial charge in [-0.3, -0.25) is 14.5 Å². The van der Waals surface area contributed by atoms with Crippen LogP contribution in [0.25, 0.3) is 11.3 Å². The maximum Gasteiger partial charge on any atom is 0.266 e. The number of aromatic nitrogens is 2. The van der Waals surface area contributed by atoms with Crippen LogP contribution in [0.3, 0.4) is 0 Å². The third kappa shape index (κ3) is 5.02. The molecule has 3 aromatic rings. The van der Waals surface area contributed by atoms with Crippen molar-refractivity contribution in [3.8, 4) is 11.3 Å². The van der Waals surface area contributed by atoms with Crippen LogP contribution in [0.5, 0.6) is 0 Å². The highest BCUT2D eigenvalue weighted by Gasteiger charge is 2.21. The highest BCUT2D eigenvalue weighted by molar-refractivity contribution is 5.76. The number of benzene rings is 2. The number of aryl methyl sites for hydroxylation is 1. The first-order valence-electron chi connectivity index (χ1n) is 10.4. The van der Waals surface area contributed by atoms with Gasteiger partial charge in [-0.15, -0.1) is 0 Å². The molecule has 1 aliphatic heterocycles. The summed E-state index contributed by atoms with van der Waals surface area (Å²) in [5.74, 6) is 0.0770. The van der Waals surface area contributed by atoms with Gasteiger partial charge in [-0.25, -0.2) is 4.68 Å². The molecular weight excluding hydrogens is 376 g/mol. The third-order valence-electron chi connectivity index (χ3n) is 5.45. The Hall–Kier alpha value is -3.25. The van der Waals surface area contributed by atoms with Crippen molar-refractivity contribution in [1.82, 2.24) is 19.6 Å². The Morgan fingerprint density at radius 3 is 2.20 bits per heavy atom. The van der Waals surface area contributed by atoms with Crippen LogP contribution in [0.4, 0.5) is 0 Å². The summed E-state index contributed by atoms with van der Waals surface area (Å²) in [6.45, 7) is 4.37. The molecule has 1 fully saturated rings. The summed E-state index contributed by atoms with van der Waals surface area (Å²) in [4.78, 5) is 29.1. The van der Waals surface area contributed by atoms with Gasteiger partial charge < -0.3 is 4.90 Å². The van der Waals surface area contributed by atoms with Crippen molar-refractivity contribution in [2.45, 2.75) is 19.5 Å². The molecule has 0 saturated carbocycles. The van der Waals surface area contributed by atoms with Gasteiger partial charge in [0, 0.05) is 50.8 Å². The van der Waals surface area contributed by atoms with E-state index in [1.54, 1.807) is 6.07 Å². The Morgan fingerprint density at radius 1 is 0.833 bits per heavy atom. The van der Waals surface area contributed by atoms with Crippen LogP contribution in [0.15, 0.2) is 77.6 Å². The number of carbonyl (C=O) groups is 1. The zero-order valence-corrected chi connectivity index (χ0v) is 17.0. The molecule has 2 heterocycles. The van der Waals surface area contributed by atoms with Gasteiger partial charge in [0.15, 0.2) is 0 Å². The lowest BCUT2D eigenvalue weighted by atomic mass is 10.1. The van der Waals surface area contributed by atoms with Crippen LogP contribution in [-0.2, 0) is 17.9 Å². The maximum atomic E-state index is 12.7. The monoisotopic (exact) mass is 402 g/mol. The number of carbonyl (C=O) groups excluding carboxylic acids is 1. The summed E-state index contributed by atoms with van der Waals surface area (Å²) in [7, 11) is 0. The number of rotatable bonds is 6. The van der Waals surface area contributed by atoms with Crippen molar-refractivity contribution in [2.75, 3.05) is 26.2 Å². The van der Waals surface area contributed by atoms with E-state index in [2.05, 4.69) is 34.3 Å². The molecule has 0 spiro atoms. The topological polar surface area (TPSA) is 58.4 Å². The van der Waals surface area contributed by atoms with Crippen molar-refractivity contribution < 1.29 is 4.79 Å². The van der Waals surface area contributed by atoms with Crippen LogP contribution in [-0.4, -0.2) is 51.7 Å². The molecule has 1 saturated heterocycles. The summed E-state index contributed by atoms with van der Waals surface area (Å²) < 4.78 is 1.39. The summed E-state index contributed by atoms with van der Waals surface area (Å²) in [6.07, 6.45) is 0.282. The minimum absolute atomic E-state index is 0.0770. The number of hydrogen-bond donors (Lipinski definition) is 0. The predicted octanol–water partition coefficient (Wildman–Crippen LogP) is 2.64. The molecule has 6 heteroatoms. The molecule has 0 atom stereocenters. The molecule has 0 N–H and O–H groups in total. The number of piperazine rings is 1. The zero-order valence-electron chi connectivity index (χ0n) is 17.0. The molecule has 30 heavy (non-hydrogen) atoms. The van der Waals surface area contributed by atoms with E-state index in [4.69, 9.17) is 0 Å². The van der Waals surface area contributed by atoms with Crippen LogP contribution >= 0.6 is 0 Å². The SMILES string of the molecule is O=C(CCn1nc(-c2ccccc2)ccc1=O)N1CCN(Cc2ccccc2)CC1. The van der Waals surface area contributed by atoms with Gasteiger partial charge in [0.1, 0.15) is 0 Å². The van der Waals surface area contributed by atoms with Crippen LogP contribution in [0.1, 0.15) is 12.0 Å². The van der Waals surface area contributed by atoms with E-state index >= 15 is 0 Å². The lowest BCUT2D eigenvalue weighted by Gasteiger charge is -2.34. The van der Waals surface area contributed by atoms with E-state index in [1.807, 2.05) is 41.3 Å². The molecule has 0 unspecified atom stereocenters. The smallest absolute Gasteiger partial charge is 0.266 e.